The van der Waals surface area contributed by atoms with Gasteiger partial charge in [-0.15, -0.1) is 0 Å². The van der Waals surface area contributed by atoms with E-state index in [0.29, 0.717) is 38.1 Å². The van der Waals surface area contributed by atoms with Gasteiger partial charge in [0, 0.05) is 19.1 Å². The van der Waals surface area contributed by atoms with E-state index in [0.717, 1.165) is 31.7 Å². The minimum atomic E-state index is -0.826. The summed E-state index contributed by atoms with van der Waals surface area (Å²) in [5.74, 6) is 1.17. The van der Waals surface area contributed by atoms with E-state index < -0.39 is 11.1 Å². The Bertz CT molecular complexity index is 878. The van der Waals surface area contributed by atoms with E-state index in [-0.39, 0.29) is 18.0 Å². The van der Waals surface area contributed by atoms with Crippen molar-refractivity contribution in [3.63, 3.8) is 0 Å². The highest BCUT2D eigenvalue weighted by Gasteiger charge is 2.58. The van der Waals surface area contributed by atoms with E-state index in [2.05, 4.69) is 36.2 Å². The Hall–Kier alpha value is -2.12. The molecule has 32 heavy (non-hydrogen) atoms. The molecule has 3 fully saturated rings. The van der Waals surface area contributed by atoms with Crippen LogP contribution in [-0.2, 0) is 11.2 Å². The Kier molecular flexibility index (Phi) is 6.25. The molecule has 1 saturated carbocycles. The molecular formula is C25H37N3O4. The zero-order chi connectivity index (χ0) is 23.1. The van der Waals surface area contributed by atoms with Crippen LogP contribution in [0.3, 0.4) is 0 Å². The van der Waals surface area contributed by atoms with E-state index >= 15 is 0 Å². The van der Waals surface area contributed by atoms with Crippen molar-refractivity contribution in [2.75, 3.05) is 26.7 Å². The minimum Gasteiger partial charge on any atom is -0.497 e. The number of urea groups is 1. The number of ether oxygens (including phenoxy) is 1. The van der Waals surface area contributed by atoms with Gasteiger partial charge in [0.25, 0.3) is 5.91 Å². The van der Waals surface area contributed by atoms with Gasteiger partial charge in [0.05, 0.1) is 12.7 Å². The van der Waals surface area contributed by atoms with E-state index in [9.17, 15) is 14.7 Å². The van der Waals surface area contributed by atoms with Gasteiger partial charge in [-0.05, 0) is 88.1 Å². The van der Waals surface area contributed by atoms with Gasteiger partial charge in [-0.1, -0.05) is 13.0 Å². The Morgan fingerprint density at radius 2 is 1.88 bits per heavy atom. The third kappa shape index (κ3) is 3.79. The third-order valence-corrected chi connectivity index (χ3v) is 8.14. The fraction of sp³-hybridized carbons (Fsp3) is 0.680. The van der Waals surface area contributed by atoms with Crippen molar-refractivity contribution in [2.24, 2.45) is 5.92 Å². The normalized spacial score (nSPS) is 32.8. The molecule has 0 radical (unpaired) electrons. The van der Waals surface area contributed by atoms with Crippen LogP contribution >= 0.6 is 0 Å². The topological polar surface area (TPSA) is 82.1 Å². The van der Waals surface area contributed by atoms with Crippen LogP contribution in [0.15, 0.2) is 18.2 Å². The van der Waals surface area contributed by atoms with Gasteiger partial charge in [-0.2, -0.15) is 0 Å². The predicted molar refractivity (Wildman–Crippen MR) is 123 cm³/mol. The first-order valence-electron chi connectivity index (χ1n) is 12.0. The number of carbonyl (C=O) groups excluding carboxylic acids is 2. The fourth-order valence-electron chi connectivity index (χ4n) is 6.12. The number of rotatable bonds is 7. The van der Waals surface area contributed by atoms with Gasteiger partial charge in [0.2, 0.25) is 0 Å². The fourth-order valence-corrected chi connectivity index (χ4v) is 6.12. The zero-order valence-electron chi connectivity index (χ0n) is 19.8. The molecule has 2 aliphatic heterocycles. The van der Waals surface area contributed by atoms with Crippen LogP contribution in [0.5, 0.6) is 5.75 Å². The average Bonchev–Trinajstić information content (AvgIpc) is 3.00. The molecule has 1 aromatic rings. The van der Waals surface area contributed by atoms with Crippen LogP contribution in [0.2, 0.25) is 0 Å². The lowest BCUT2D eigenvalue weighted by atomic mass is 9.64. The van der Waals surface area contributed by atoms with Crippen LogP contribution in [-0.4, -0.2) is 70.8 Å². The molecule has 7 heteroatoms. The highest BCUT2D eigenvalue weighted by Crippen LogP contribution is 2.46. The number of hydrogen-bond donors (Lipinski definition) is 2. The lowest BCUT2D eigenvalue weighted by Gasteiger charge is -2.57. The van der Waals surface area contributed by atoms with Crippen molar-refractivity contribution < 1.29 is 19.4 Å². The Morgan fingerprint density at radius 3 is 2.47 bits per heavy atom. The lowest BCUT2D eigenvalue weighted by Crippen LogP contribution is -2.69. The molecule has 2 N–H and O–H groups in total. The molecule has 1 aliphatic carbocycles. The largest absolute Gasteiger partial charge is 0.497 e. The van der Waals surface area contributed by atoms with Crippen molar-refractivity contribution in [1.29, 1.82) is 0 Å². The smallest absolute Gasteiger partial charge is 0.325 e. The summed E-state index contributed by atoms with van der Waals surface area (Å²) in [7, 11) is 1.69. The minimum absolute atomic E-state index is 0.102. The summed E-state index contributed by atoms with van der Waals surface area (Å²) < 4.78 is 5.39. The zero-order valence-corrected chi connectivity index (χ0v) is 19.8. The molecule has 2 heterocycles. The number of carbonyl (C=O) groups is 2. The molecule has 1 aromatic carbocycles. The molecule has 0 aromatic heterocycles. The monoisotopic (exact) mass is 443 g/mol. The maximum Gasteiger partial charge on any atom is 0.325 e. The van der Waals surface area contributed by atoms with Gasteiger partial charge in [-0.3, -0.25) is 14.6 Å². The van der Waals surface area contributed by atoms with Gasteiger partial charge in [-0.25, -0.2) is 4.79 Å². The first-order chi connectivity index (χ1) is 15.3. The number of aryl methyl sites for hydroxylation is 2. The van der Waals surface area contributed by atoms with Crippen LogP contribution in [0.4, 0.5) is 4.79 Å². The number of hydrogen-bond acceptors (Lipinski definition) is 5. The van der Waals surface area contributed by atoms with Crippen molar-refractivity contribution in [3.8, 4) is 5.75 Å². The van der Waals surface area contributed by atoms with Gasteiger partial charge in [0.1, 0.15) is 11.3 Å². The standard InChI is InChI=1S/C25H37N3O4/c1-5-27-16-19(9-8-18-15-20(32-4)10-7-17(18)3)21(27)25(31)13-11-24(12-14-25)22(29)28(6-2)23(30)26-24/h7,10,15,19,21,31H,5-6,8-9,11-14,16H2,1-4H3,(H,26,30). The van der Waals surface area contributed by atoms with Gasteiger partial charge in [0.15, 0.2) is 0 Å². The second-order valence-corrected chi connectivity index (χ2v) is 9.79. The molecule has 2 saturated heterocycles. The number of aliphatic hydroxyl groups is 1. The SMILES string of the molecule is CCN1C(=O)NC2(CCC(O)(C3C(CCc4cc(OC)ccc4C)CN3CC)CC2)C1=O. The molecule has 0 bridgehead atoms. The number of benzene rings is 1. The molecule has 1 spiro atoms. The molecular weight excluding hydrogens is 406 g/mol. The second-order valence-electron chi connectivity index (χ2n) is 9.79. The number of methoxy groups -OCH3 is 1. The second kappa shape index (κ2) is 8.67. The summed E-state index contributed by atoms with van der Waals surface area (Å²) in [5, 5.41) is 14.7. The number of nitrogens with one attached hydrogen (secondary N) is 1. The molecule has 3 aliphatic rings. The lowest BCUT2D eigenvalue weighted by molar-refractivity contribution is -0.157. The van der Waals surface area contributed by atoms with E-state index in [1.165, 1.54) is 16.0 Å². The van der Waals surface area contributed by atoms with Crippen LogP contribution in [0.1, 0.15) is 57.1 Å². The molecule has 7 nitrogen and oxygen atoms in total. The quantitative estimate of drug-likeness (QED) is 0.634. The Balaban J connectivity index is 1.43. The Labute approximate surface area is 191 Å². The summed E-state index contributed by atoms with van der Waals surface area (Å²) in [6.45, 7) is 8.38. The number of nitrogens with zero attached hydrogens (tertiary/aromatic N) is 2. The molecule has 2 atom stereocenters. The molecule has 4 rings (SSSR count). The maximum absolute atomic E-state index is 12.9. The first kappa shape index (κ1) is 23.1. The maximum atomic E-state index is 12.9. The molecule has 2 unspecified atom stereocenters. The highest BCUT2D eigenvalue weighted by atomic mass is 16.5. The van der Waals surface area contributed by atoms with Crippen LogP contribution < -0.4 is 10.1 Å². The number of likely N-dealkylation sites (N-methyl/N-ethyl adjacent to an activating group) is 2. The summed E-state index contributed by atoms with van der Waals surface area (Å²) in [5.41, 5.74) is 0.917. The van der Waals surface area contributed by atoms with Gasteiger partial charge < -0.3 is 15.2 Å². The third-order valence-electron chi connectivity index (χ3n) is 8.14. The first-order valence-corrected chi connectivity index (χ1v) is 12.0. The summed E-state index contributed by atoms with van der Waals surface area (Å²) in [6.07, 6.45) is 4.04. The van der Waals surface area contributed by atoms with E-state index in [1.54, 1.807) is 7.11 Å². The van der Waals surface area contributed by atoms with Crippen molar-refractivity contribution in [1.82, 2.24) is 15.1 Å². The van der Waals surface area contributed by atoms with Crippen molar-refractivity contribution >= 4 is 11.9 Å². The highest BCUT2D eigenvalue weighted by molar-refractivity contribution is 6.07. The number of likely N-dealkylation sites (tertiary alicyclic amines) is 1. The predicted octanol–water partition coefficient (Wildman–Crippen LogP) is 2.87. The number of amides is 3. The van der Waals surface area contributed by atoms with Crippen LogP contribution in [0, 0.1) is 12.8 Å². The summed E-state index contributed by atoms with van der Waals surface area (Å²) in [4.78, 5) is 28.7. The average molecular weight is 444 g/mol. The molecule has 3 amide bonds. The van der Waals surface area contributed by atoms with Gasteiger partial charge >= 0.3 is 6.03 Å². The Morgan fingerprint density at radius 1 is 1.16 bits per heavy atom. The van der Waals surface area contributed by atoms with Crippen molar-refractivity contribution in [3.05, 3.63) is 29.3 Å². The summed E-state index contributed by atoms with van der Waals surface area (Å²) >= 11 is 0. The molecule has 176 valence electrons. The van der Waals surface area contributed by atoms with E-state index in [4.69, 9.17) is 4.74 Å². The van der Waals surface area contributed by atoms with Crippen LogP contribution in [0.25, 0.3) is 0 Å². The summed E-state index contributed by atoms with van der Waals surface area (Å²) in [6, 6.07) is 6.02. The van der Waals surface area contributed by atoms with Crippen molar-refractivity contribution in [2.45, 2.75) is 76.5 Å². The van der Waals surface area contributed by atoms with E-state index in [1.807, 2.05) is 13.0 Å². The number of imide groups is 1.